The summed E-state index contributed by atoms with van der Waals surface area (Å²) >= 11 is 0. The predicted octanol–water partition coefficient (Wildman–Crippen LogP) is 2.99. The molecule has 1 atom stereocenters. The molecule has 0 saturated carbocycles. The Kier molecular flexibility index (Phi) is 7.65. The van der Waals surface area contributed by atoms with Crippen molar-refractivity contribution < 1.29 is 9.59 Å². The molecular weight excluding hydrogens is 238 g/mol. The summed E-state index contributed by atoms with van der Waals surface area (Å²) in [6.07, 6.45) is 9.68. The highest BCUT2D eigenvalue weighted by atomic mass is 16.1. The summed E-state index contributed by atoms with van der Waals surface area (Å²) in [5.74, 6) is 1.07. The minimum absolute atomic E-state index is 0.225. The van der Waals surface area contributed by atoms with Crippen molar-refractivity contribution in [1.29, 1.82) is 0 Å². The Morgan fingerprint density at radius 3 is 2.74 bits per heavy atom. The first kappa shape index (κ1) is 16.1. The van der Waals surface area contributed by atoms with E-state index in [1.807, 2.05) is 6.92 Å². The van der Waals surface area contributed by atoms with Crippen LogP contribution in [-0.4, -0.2) is 36.1 Å². The zero-order valence-electron chi connectivity index (χ0n) is 12.4. The SMILES string of the molecule is CCC(=O)/C=C/[C@H]1CCN(CCCCCC(C)=O)C1. The van der Waals surface area contributed by atoms with Crippen molar-refractivity contribution in [2.45, 2.75) is 52.4 Å². The molecule has 1 aliphatic heterocycles. The second-order valence-corrected chi connectivity index (χ2v) is 5.54. The Hall–Kier alpha value is -0.960. The maximum Gasteiger partial charge on any atom is 0.155 e. The van der Waals surface area contributed by atoms with E-state index in [-0.39, 0.29) is 5.78 Å². The smallest absolute Gasteiger partial charge is 0.155 e. The van der Waals surface area contributed by atoms with Gasteiger partial charge in [0.25, 0.3) is 0 Å². The zero-order valence-corrected chi connectivity index (χ0v) is 12.4. The van der Waals surface area contributed by atoms with Gasteiger partial charge in [-0.05, 0) is 51.3 Å². The van der Waals surface area contributed by atoms with Crippen LogP contribution in [0.2, 0.25) is 0 Å². The minimum atomic E-state index is 0.225. The van der Waals surface area contributed by atoms with E-state index in [9.17, 15) is 9.59 Å². The van der Waals surface area contributed by atoms with Gasteiger partial charge in [-0.1, -0.05) is 19.4 Å². The van der Waals surface area contributed by atoms with Crippen molar-refractivity contribution in [2.24, 2.45) is 5.92 Å². The average Bonchev–Trinajstić information content (AvgIpc) is 2.83. The van der Waals surface area contributed by atoms with Gasteiger partial charge in [-0.25, -0.2) is 0 Å². The number of hydrogen-bond donors (Lipinski definition) is 0. The molecule has 0 unspecified atom stereocenters. The van der Waals surface area contributed by atoms with E-state index in [0.29, 0.717) is 18.1 Å². The van der Waals surface area contributed by atoms with Gasteiger partial charge >= 0.3 is 0 Å². The quantitative estimate of drug-likeness (QED) is 0.475. The summed E-state index contributed by atoms with van der Waals surface area (Å²) < 4.78 is 0. The topological polar surface area (TPSA) is 37.4 Å². The maximum atomic E-state index is 11.2. The van der Waals surface area contributed by atoms with Crippen molar-refractivity contribution >= 4 is 11.6 Å². The number of rotatable bonds is 9. The summed E-state index contributed by atoms with van der Waals surface area (Å²) in [5.41, 5.74) is 0. The van der Waals surface area contributed by atoms with Gasteiger partial charge in [0.1, 0.15) is 5.78 Å². The van der Waals surface area contributed by atoms with Crippen molar-refractivity contribution in [3.63, 3.8) is 0 Å². The van der Waals surface area contributed by atoms with Crippen LogP contribution in [0.25, 0.3) is 0 Å². The standard InChI is InChI=1S/C16H27NO2/c1-3-16(19)9-8-15-10-12-17(13-15)11-6-4-5-7-14(2)18/h8-9,15H,3-7,10-13H2,1-2H3/b9-8+/t15-/m0/s1. The minimum Gasteiger partial charge on any atom is -0.303 e. The molecule has 1 heterocycles. The fraction of sp³-hybridized carbons (Fsp3) is 0.750. The number of unbranched alkanes of at least 4 members (excludes halogenated alkanes) is 2. The molecule has 108 valence electrons. The van der Waals surface area contributed by atoms with Crippen molar-refractivity contribution in [3.05, 3.63) is 12.2 Å². The number of allylic oxidation sites excluding steroid dienone is 1. The van der Waals surface area contributed by atoms with Gasteiger partial charge in [0.2, 0.25) is 0 Å². The molecule has 1 saturated heterocycles. The van der Waals surface area contributed by atoms with E-state index in [1.54, 1.807) is 13.0 Å². The van der Waals surface area contributed by atoms with Crippen LogP contribution in [0.1, 0.15) is 52.4 Å². The first-order valence-electron chi connectivity index (χ1n) is 7.54. The average molecular weight is 265 g/mol. The number of carbonyl (C=O) groups is 2. The van der Waals surface area contributed by atoms with Gasteiger partial charge < -0.3 is 9.69 Å². The van der Waals surface area contributed by atoms with Crippen LogP contribution in [0, 0.1) is 5.92 Å². The lowest BCUT2D eigenvalue weighted by Gasteiger charge is -2.14. The molecule has 0 aromatic carbocycles. The number of Topliss-reactive ketones (excluding diaryl/α,β-unsaturated/α-hetero) is 1. The van der Waals surface area contributed by atoms with Crippen LogP contribution in [-0.2, 0) is 9.59 Å². The van der Waals surface area contributed by atoms with E-state index < -0.39 is 0 Å². The molecule has 0 spiro atoms. The van der Waals surface area contributed by atoms with Crippen LogP contribution in [0.15, 0.2) is 12.2 Å². The predicted molar refractivity (Wildman–Crippen MR) is 78.1 cm³/mol. The van der Waals surface area contributed by atoms with E-state index >= 15 is 0 Å². The van der Waals surface area contributed by atoms with Crippen LogP contribution in [0.3, 0.4) is 0 Å². The van der Waals surface area contributed by atoms with Crippen molar-refractivity contribution in [2.75, 3.05) is 19.6 Å². The van der Waals surface area contributed by atoms with Gasteiger partial charge in [0.05, 0.1) is 0 Å². The van der Waals surface area contributed by atoms with Crippen LogP contribution >= 0.6 is 0 Å². The molecule has 3 nitrogen and oxygen atoms in total. The number of likely N-dealkylation sites (tertiary alicyclic amines) is 1. The summed E-state index contributed by atoms with van der Waals surface area (Å²) in [7, 11) is 0. The number of nitrogens with zero attached hydrogens (tertiary/aromatic N) is 1. The molecule has 0 N–H and O–H groups in total. The molecule has 3 heteroatoms. The summed E-state index contributed by atoms with van der Waals surface area (Å²) in [5, 5.41) is 0. The Balaban J connectivity index is 2.10. The zero-order chi connectivity index (χ0) is 14.1. The summed E-state index contributed by atoms with van der Waals surface area (Å²) in [4.78, 5) is 24.5. The van der Waals surface area contributed by atoms with Crippen LogP contribution < -0.4 is 0 Å². The third-order valence-electron chi connectivity index (χ3n) is 3.71. The highest BCUT2D eigenvalue weighted by Crippen LogP contribution is 2.18. The molecule has 0 amide bonds. The molecule has 0 bridgehead atoms. The van der Waals surface area contributed by atoms with Gasteiger partial charge in [-0.15, -0.1) is 0 Å². The Labute approximate surface area is 117 Å². The third-order valence-corrected chi connectivity index (χ3v) is 3.71. The highest BCUT2D eigenvalue weighted by molar-refractivity contribution is 5.89. The van der Waals surface area contributed by atoms with Crippen molar-refractivity contribution in [3.8, 4) is 0 Å². The van der Waals surface area contributed by atoms with E-state index in [1.165, 1.54) is 12.8 Å². The molecule has 19 heavy (non-hydrogen) atoms. The first-order valence-corrected chi connectivity index (χ1v) is 7.54. The monoisotopic (exact) mass is 265 g/mol. The Morgan fingerprint density at radius 2 is 2.05 bits per heavy atom. The number of ketones is 2. The molecule has 0 aromatic rings. The molecule has 1 aliphatic rings. The number of carbonyl (C=O) groups excluding carboxylic acids is 2. The van der Waals surface area contributed by atoms with Gasteiger partial charge in [-0.3, -0.25) is 4.79 Å². The fourth-order valence-corrected chi connectivity index (χ4v) is 2.47. The molecule has 0 aliphatic carbocycles. The molecule has 1 rings (SSSR count). The van der Waals surface area contributed by atoms with Gasteiger partial charge in [-0.2, -0.15) is 0 Å². The lowest BCUT2D eigenvalue weighted by molar-refractivity contribution is -0.117. The van der Waals surface area contributed by atoms with Crippen LogP contribution in [0.4, 0.5) is 0 Å². The molecule has 0 aromatic heterocycles. The van der Waals surface area contributed by atoms with Gasteiger partial charge in [0, 0.05) is 19.4 Å². The third kappa shape index (κ3) is 7.26. The highest BCUT2D eigenvalue weighted by Gasteiger charge is 2.19. The van der Waals surface area contributed by atoms with E-state index in [2.05, 4.69) is 11.0 Å². The lowest BCUT2D eigenvalue weighted by atomic mass is 10.1. The second kappa shape index (κ2) is 9.03. The van der Waals surface area contributed by atoms with E-state index in [4.69, 9.17) is 0 Å². The Bertz CT molecular complexity index is 323. The lowest BCUT2D eigenvalue weighted by Crippen LogP contribution is -2.21. The maximum absolute atomic E-state index is 11.2. The van der Waals surface area contributed by atoms with Crippen LogP contribution in [0.5, 0.6) is 0 Å². The largest absolute Gasteiger partial charge is 0.303 e. The summed E-state index contributed by atoms with van der Waals surface area (Å²) in [6, 6.07) is 0. The number of hydrogen-bond acceptors (Lipinski definition) is 3. The second-order valence-electron chi connectivity index (χ2n) is 5.54. The summed E-state index contributed by atoms with van der Waals surface area (Å²) in [6.45, 7) is 6.91. The molecular formula is C16H27NO2. The van der Waals surface area contributed by atoms with Gasteiger partial charge in [0.15, 0.2) is 5.78 Å². The normalized spacial score (nSPS) is 20.2. The molecule has 1 fully saturated rings. The van der Waals surface area contributed by atoms with E-state index in [0.717, 1.165) is 38.9 Å². The fourth-order valence-electron chi connectivity index (χ4n) is 2.47. The Morgan fingerprint density at radius 1 is 1.26 bits per heavy atom. The van der Waals surface area contributed by atoms with Crippen molar-refractivity contribution in [1.82, 2.24) is 4.90 Å². The molecule has 0 radical (unpaired) electrons. The first-order chi connectivity index (χ1) is 9.11.